The molecule has 3 rings (SSSR count). The molecule has 0 fully saturated rings. The second-order valence-corrected chi connectivity index (χ2v) is 8.26. The van der Waals surface area contributed by atoms with Gasteiger partial charge in [-0.25, -0.2) is 0 Å². The van der Waals surface area contributed by atoms with Gasteiger partial charge in [-0.1, -0.05) is 41.9 Å². The van der Waals surface area contributed by atoms with E-state index in [0.717, 1.165) is 29.7 Å². The van der Waals surface area contributed by atoms with E-state index in [9.17, 15) is 4.79 Å². The Labute approximate surface area is 195 Å². The molecule has 0 saturated heterocycles. The zero-order valence-electron chi connectivity index (χ0n) is 18.9. The fraction of sp³-hybridized carbons (Fsp3) is 0.296. The van der Waals surface area contributed by atoms with Crippen LogP contribution in [-0.4, -0.2) is 18.6 Å². The Bertz CT molecular complexity index is 1040. The fourth-order valence-electron chi connectivity index (χ4n) is 3.40. The van der Waals surface area contributed by atoms with Crippen molar-refractivity contribution < 1.29 is 14.3 Å². The first-order valence-electron chi connectivity index (χ1n) is 11.0. The van der Waals surface area contributed by atoms with Crippen LogP contribution in [0.15, 0.2) is 66.7 Å². The monoisotopic (exact) mass is 451 g/mol. The van der Waals surface area contributed by atoms with Gasteiger partial charge in [-0.3, -0.25) is 4.79 Å². The Kier molecular flexibility index (Phi) is 8.57. The van der Waals surface area contributed by atoms with Gasteiger partial charge in [0.05, 0.1) is 6.61 Å². The Morgan fingerprint density at radius 3 is 2.53 bits per heavy atom. The van der Waals surface area contributed by atoms with Gasteiger partial charge in [0.1, 0.15) is 18.1 Å². The maximum atomic E-state index is 12.8. The van der Waals surface area contributed by atoms with Gasteiger partial charge in [0.25, 0.3) is 5.91 Å². The minimum absolute atomic E-state index is 0.0611. The maximum Gasteiger partial charge on any atom is 0.251 e. The van der Waals surface area contributed by atoms with Gasteiger partial charge in [-0.2, -0.15) is 0 Å². The van der Waals surface area contributed by atoms with Crippen molar-refractivity contribution in [3.05, 3.63) is 94.0 Å². The lowest BCUT2D eigenvalue weighted by Gasteiger charge is -2.16. The Morgan fingerprint density at radius 2 is 1.81 bits per heavy atom. The largest absolute Gasteiger partial charge is 0.493 e. The van der Waals surface area contributed by atoms with Gasteiger partial charge in [0.15, 0.2) is 0 Å². The summed E-state index contributed by atoms with van der Waals surface area (Å²) < 4.78 is 11.7. The number of carbonyl (C=O) groups excluding carboxylic acids is 1. The summed E-state index contributed by atoms with van der Waals surface area (Å²) in [5, 5.41) is 3.80. The molecule has 168 valence electrons. The third kappa shape index (κ3) is 6.76. The number of carbonyl (C=O) groups is 1. The summed E-state index contributed by atoms with van der Waals surface area (Å²) in [7, 11) is 0. The molecular formula is C27H30ClNO3. The van der Waals surface area contributed by atoms with Gasteiger partial charge in [0.2, 0.25) is 0 Å². The summed E-state index contributed by atoms with van der Waals surface area (Å²) in [5.41, 5.74) is 3.63. The van der Waals surface area contributed by atoms with Crippen LogP contribution in [0.25, 0.3) is 0 Å². The lowest BCUT2D eigenvalue weighted by atomic mass is 10.1. The Morgan fingerprint density at radius 1 is 1.03 bits per heavy atom. The Hall–Kier alpha value is -2.98. The normalized spacial score (nSPS) is 11.6. The van der Waals surface area contributed by atoms with Crippen LogP contribution in [0.5, 0.6) is 11.5 Å². The molecule has 0 bridgehead atoms. The van der Waals surface area contributed by atoms with Gasteiger partial charge in [-0.05, 0) is 81.1 Å². The molecule has 0 saturated carbocycles. The molecule has 0 heterocycles. The zero-order chi connectivity index (χ0) is 22.9. The highest BCUT2D eigenvalue weighted by Gasteiger charge is 2.14. The van der Waals surface area contributed by atoms with Crippen molar-refractivity contribution in [2.45, 2.75) is 46.3 Å². The molecule has 0 aliphatic carbocycles. The molecule has 0 aliphatic heterocycles. The summed E-state index contributed by atoms with van der Waals surface area (Å²) in [6, 6.07) is 21.4. The number of ether oxygens (including phenoxy) is 2. The van der Waals surface area contributed by atoms with Crippen LogP contribution in [0.1, 0.15) is 47.3 Å². The molecular weight excluding hydrogens is 422 g/mol. The molecule has 1 atom stereocenters. The van der Waals surface area contributed by atoms with Gasteiger partial charge in [0, 0.05) is 22.2 Å². The lowest BCUT2D eigenvalue weighted by Crippen LogP contribution is -2.33. The third-order valence-electron chi connectivity index (χ3n) is 5.23. The first kappa shape index (κ1) is 23.7. The second-order valence-electron chi connectivity index (χ2n) is 7.85. The maximum absolute atomic E-state index is 12.8. The quantitative estimate of drug-likeness (QED) is 0.389. The minimum Gasteiger partial charge on any atom is -0.493 e. The van der Waals surface area contributed by atoms with Crippen molar-refractivity contribution in [2.75, 3.05) is 6.61 Å². The molecule has 3 aromatic carbocycles. The SMILES string of the molecule is CCOc1ccc(C(=O)NC(C)CCc2ccccc2)cc1COc1ccc(Cl)c(C)c1. The predicted octanol–water partition coefficient (Wildman–Crippen LogP) is 6.38. The van der Waals surface area contributed by atoms with Crippen LogP contribution < -0.4 is 14.8 Å². The molecule has 0 radical (unpaired) electrons. The number of aryl methyl sites for hydroxylation is 2. The van der Waals surface area contributed by atoms with E-state index in [0.29, 0.717) is 29.5 Å². The number of amides is 1. The summed E-state index contributed by atoms with van der Waals surface area (Å²) in [6.45, 7) is 6.73. The number of halogens is 1. The van der Waals surface area contributed by atoms with E-state index in [-0.39, 0.29) is 11.9 Å². The van der Waals surface area contributed by atoms with Crippen LogP contribution in [0.4, 0.5) is 0 Å². The molecule has 0 aliphatic rings. The highest BCUT2D eigenvalue weighted by Crippen LogP contribution is 2.25. The number of rotatable bonds is 10. The van der Waals surface area contributed by atoms with E-state index in [1.165, 1.54) is 5.56 Å². The Balaban J connectivity index is 1.65. The number of hydrogen-bond donors (Lipinski definition) is 1. The van der Waals surface area contributed by atoms with Crippen molar-refractivity contribution in [1.82, 2.24) is 5.32 Å². The van der Waals surface area contributed by atoms with Crippen LogP contribution in [-0.2, 0) is 13.0 Å². The highest BCUT2D eigenvalue weighted by atomic mass is 35.5. The van der Waals surface area contributed by atoms with E-state index >= 15 is 0 Å². The number of nitrogens with one attached hydrogen (secondary N) is 1. The molecule has 32 heavy (non-hydrogen) atoms. The summed E-state index contributed by atoms with van der Waals surface area (Å²) in [4.78, 5) is 12.8. The zero-order valence-corrected chi connectivity index (χ0v) is 19.6. The first-order valence-corrected chi connectivity index (χ1v) is 11.3. The number of hydrogen-bond acceptors (Lipinski definition) is 3. The van der Waals surface area contributed by atoms with Crippen LogP contribution in [0, 0.1) is 6.92 Å². The molecule has 3 aromatic rings. The third-order valence-corrected chi connectivity index (χ3v) is 5.66. The van der Waals surface area contributed by atoms with E-state index in [4.69, 9.17) is 21.1 Å². The molecule has 0 aromatic heterocycles. The fourth-order valence-corrected chi connectivity index (χ4v) is 3.52. The molecule has 4 nitrogen and oxygen atoms in total. The van der Waals surface area contributed by atoms with Crippen LogP contribution in [0.3, 0.4) is 0 Å². The minimum atomic E-state index is -0.0998. The molecule has 1 unspecified atom stereocenters. The van der Waals surface area contributed by atoms with E-state index in [1.54, 1.807) is 6.07 Å². The summed E-state index contributed by atoms with van der Waals surface area (Å²) >= 11 is 6.10. The van der Waals surface area contributed by atoms with Crippen LogP contribution >= 0.6 is 11.6 Å². The summed E-state index contributed by atoms with van der Waals surface area (Å²) in [5.74, 6) is 1.34. The molecule has 1 N–H and O–H groups in total. The predicted molar refractivity (Wildman–Crippen MR) is 130 cm³/mol. The summed E-state index contributed by atoms with van der Waals surface area (Å²) in [6.07, 6.45) is 1.80. The van der Waals surface area contributed by atoms with E-state index in [2.05, 4.69) is 17.4 Å². The highest BCUT2D eigenvalue weighted by molar-refractivity contribution is 6.31. The standard InChI is InChI=1S/C27H30ClNO3/c1-4-31-26-15-12-22(17-23(26)18-32-24-13-14-25(28)19(2)16-24)27(30)29-20(3)10-11-21-8-6-5-7-9-21/h5-9,12-17,20H,4,10-11,18H2,1-3H3,(H,29,30). The van der Waals surface area contributed by atoms with Crippen molar-refractivity contribution in [1.29, 1.82) is 0 Å². The smallest absolute Gasteiger partial charge is 0.251 e. The van der Waals surface area contributed by atoms with Crippen LogP contribution in [0.2, 0.25) is 5.02 Å². The van der Waals surface area contributed by atoms with Gasteiger partial charge >= 0.3 is 0 Å². The topological polar surface area (TPSA) is 47.6 Å². The lowest BCUT2D eigenvalue weighted by molar-refractivity contribution is 0.0938. The van der Waals surface area contributed by atoms with E-state index < -0.39 is 0 Å². The van der Waals surface area contributed by atoms with Crippen molar-refractivity contribution in [3.8, 4) is 11.5 Å². The second kappa shape index (κ2) is 11.6. The molecule has 0 spiro atoms. The molecule has 5 heteroatoms. The van der Waals surface area contributed by atoms with Crippen molar-refractivity contribution in [3.63, 3.8) is 0 Å². The number of benzene rings is 3. The van der Waals surface area contributed by atoms with Crippen molar-refractivity contribution in [2.24, 2.45) is 0 Å². The average Bonchev–Trinajstić information content (AvgIpc) is 2.80. The van der Waals surface area contributed by atoms with Gasteiger partial charge < -0.3 is 14.8 Å². The van der Waals surface area contributed by atoms with Gasteiger partial charge in [-0.15, -0.1) is 0 Å². The average molecular weight is 452 g/mol. The first-order chi connectivity index (χ1) is 15.5. The van der Waals surface area contributed by atoms with Crippen molar-refractivity contribution >= 4 is 17.5 Å². The van der Waals surface area contributed by atoms with E-state index in [1.807, 2.05) is 69.3 Å². The molecule has 1 amide bonds.